The lowest BCUT2D eigenvalue weighted by Crippen LogP contribution is -2.61. The number of hydrogen-bond acceptors (Lipinski definition) is 11. The predicted octanol–water partition coefficient (Wildman–Crippen LogP) is 0.953. The molecule has 35 heavy (non-hydrogen) atoms. The highest BCUT2D eigenvalue weighted by molar-refractivity contribution is 5.88. The highest BCUT2D eigenvalue weighted by Gasteiger charge is 2.48. The van der Waals surface area contributed by atoms with E-state index in [4.69, 9.17) is 18.6 Å². The Morgan fingerprint density at radius 2 is 1.74 bits per heavy atom. The van der Waals surface area contributed by atoms with Crippen molar-refractivity contribution in [1.29, 1.82) is 0 Å². The van der Waals surface area contributed by atoms with E-state index in [2.05, 4.69) is 0 Å². The van der Waals surface area contributed by atoms with Crippen molar-refractivity contribution in [2.45, 2.75) is 37.6 Å². The smallest absolute Gasteiger partial charge is 0.402 e. The number of carbonyl (C=O) groups is 1. The number of esters is 1. The van der Waals surface area contributed by atoms with Crippen LogP contribution in [0.4, 0.5) is 0 Å². The minimum atomic E-state index is -1.74. The molecule has 0 aliphatic carbocycles. The number of benzene rings is 2. The van der Waals surface area contributed by atoms with Crippen molar-refractivity contribution in [1.82, 2.24) is 0 Å². The second-order valence-electron chi connectivity index (χ2n) is 7.92. The average Bonchev–Trinajstić information content (AvgIpc) is 2.80. The Balaban J connectivity index is 1.78. The molecule has 0 amide bonds. The van der Waals surface area contributed by atoms with Crippen LogP contribution in [-0.4, -0.2) is 79.0 Å². The Morgan fingerprint density at radius 1 is 1.00 bits per heavy atom. The molecule has 1 aromatic heterocycles. The summed E-state index contributed by atoms with van der Waals surface area (Å²) in [4.78, 5) is 11.4. The van der Waals surface area contributed by atoms with E-state index < -0.39 is 54.8 Å². The van der Waals surface area contributed by atoms with Gasteiger partial charge in [0.1, 0.15) is 35.2 Å². The Hall–Kier alpha value is -3.84. The summed E-state index contributed by atoms with van der Waals surface area (Å²) in [6.07, 6.45) is -7.63. The summed E-state index contributed by atoms with van der Waals surface area (Å²) in [7, 11) is 0. The van der Waals surface area contributed by atoms with Crippen LogP contribution >= 0.6 is 0 Å². The van der Waals surface area contributed by atoms with Crippen LogP contribution in [0.25, 0.3) is 22.3 Å². The monoisotopic (exact) mass is 491 g/mol. The van der Waals surface area contributed by atoms with Crippen LogP contribution in [0, 0.1) is 0 Å². The van der Waals surface area contributed by atoms with E-state index in [0.29, 0.717) is 0 Å². The first-order chi connectivity index (χ1) is 16.6. The fourth-order valence-electron chi connectivity index (χ4n) is 3.75. The zero-order valence-electron chi connectivity index (χ0n) is 18.2. The number of aromatic hydroxyl groups is 4. The Morgan fingerprint density at radius 3 is 2.40 bits per heavy atom. The largest absolute Gasteiger partial charge is 0.507 e. The average molecular weight is 491 g/mol. The third-order valence-corrected chi connectivity index (χ3v) is 5.42. The van der Waals surface area contributed by atoms with E-state index in [9.17, 15) is 40.5 Å². The highest BCUT2D eigenvalue weighted by Crippen LogP contribution is 2.42. The molecule has 2 aromatic carbocycles. The van der Waals surface area contributed by atoms with Gasteiger partial charge in [0.15, 0.2) is 17.6 Å². The van der Waals surface area contributed by atoms with Crippen LogP contribution in [0.2, 0.25) is 0 Å². The van der Waals surface area contributed by atoms with Gasteiger partial charge in [0.25, 0.3) is 0 Å². The van der Waals surface area contributed by atoms with E-state index in [1.165, 1.54) is 24.3 Å². The fourth-order valence-corrected chi connectivity index (χ4v) is 3.75. The molecule has 0 bridgehead atoms. The summed E-state index contributed by atoms with van der Waals surface area (Å²) in [6.45, 7) is 0.415. The standard InChI is InChI=1S/C23H22O12/c1-9(25)32-22-18(8-24)35-23(20(31)19(22)30)34-17-7-12-14(28)5-11(26)6-16(12)33-21(17)10-2-3-13(27)15(29)4-10/h2-7,18-20,22-24,30-31H,8H2,1H3,(H3-,26,27,28,29)/p+1. The minimum Gasteiger partial charge on any atom is -0.507 e. The third-order valence-electron chi connectivity index (χ3n) is 5.42. The van der Waals surface area contributed by atoms with Gasteiger partial charge in [0.2, 0.25) is 12.0 Å². The summed E-state index contributed by atoms with van der Waals surface area (Å²) in [5, 5.41) is 70.5. The van der Waals surface area contributed by atoms with Crippen LogP contribution in [0.5, 0.6) is 28.7 Å². The Labute approximate surface area is 197 Å². The number of hydrogen-bond donors (Lipinski definition) is 7. The molecule has 7 N–H and O–H groups in total. The molecule has 12 nitrogen and oxygen atoms in total. The lowest BCUT2D eigenvalue weighted by molar-refractivity contribution is -0.281. The van der Waals surface area contributed by atoms with Crippen LogP contribution < -0.4 is 4.74 Å². The molecule has 0 radical (unpaired) electrons. The lowest BCUT2D eigenvalue weighted by atomic mass is 9.99. The molecule has 2 heterocycles. The van der Waals surface area contributed by atoms with Crippen molar-refractivity contribution in [2.24, 2.45) is 0 Å². The number of phenolic OH excluding ortho intramolecular Hbond substituents is 4. The van der Waals surface area contributed by atoms with Gasteiger partial charge >= 0.3 is 17.3 Å². The molecule has 12 heteroatoms. The van der Waals surface area contributed by atoms with Crippen molar-refractivity contribution in [3.8, 4) is 40.1 Å². The van der Waals surface area contributed by atoms with Gasteiger partial charge < -0.3 is 50.0 Å². The Bertz CT molecular complexity index is 1260. The number of phenols is 4. The van der Waals surface area contributed by atoms with Gasteiger partial charge in [-0.25, -0.2) is 4.42 Å². The zero-order valence-corrected chi connectivity index (χ0v) is 18.2. The van der Waals surface area contributed by atoms with Crippen LogP contribution in [0.1, 0.15) is 6.92 Å². The number of aliphatic hydroxyl groups is 3. The van der Waals surface area contributed by atoms with Crippen molar-refractivity contribution in [3.63, 3.8) is 0 Å². The first-order valence-electron chi connectivity index (χ1n) is 10.4. The molecule has 0 spiro atoms. The molecule has 4 rings (SSSR count). The number of carbonyl (C=O) groups excluding carboxylic acids is 1. The molecule has 1 aliphatic rings. The fraction of sp³-hybridized carbons (Fsp3) is 0.304. The molecule has 1 saturated heterocycles. The Kier molecular flexibility index (Phi) is 6.54. The maximum absolute atomic E-state index is 11.4. The van der Waals surface area contributed by atoms with E-state index >= 15 is 0 Å². The van der Waals surface area contributed by atoms with Gasteiger partial charge in [-0.3, -0.25) is 4.79 Å². The lowest BCUT2D eigenvalue weighted by Gasteiger charge is -2.40. The van der Waals surface area contributed by atoms with Gasteiger partial charge in [0, 0.05) is 25.1 Å². The zero-order chi connectivity index (χ0) is 25.4. The van der Waals surface area contributed by atoms with E-state index in [-0.39, 0.29) is 39.5 Å². The van der Waals surface area contributed by atoms with Gasteiger partial charge in [-0.2, -0.15) is 0 Å². The highest BCUT2D eigenvalue weighted by atomic mass is 16.7. The summed E-state index contributed by atoms with van der Waals surface area (Å²) in [5.41, 5.74) is 0.230. The molecular formula is C23H23O12+. The number of ether oxygens (including phenoxy) is 3. The summed E-state index contributed by atoms with van der Waals surface area (Å²) in [5.74, 6) is -2.48. The van der Waals surface area contributed by atoms with Crippen molar-refractivity contribution < 1.29 is 59.2 Å². The second kappa shape index (κ2) is 9.43. The van der Waals surface area contributed by atoms with Gasteiger partial charge in [0.05, 0.1) is 18.2 Å². The SMILES string of the molecule is CC(=O)OC1C(CO)OC(Oc2cc3c(O)cc(O)cc3[o+]c2-c2ccc(O)c(O)c2)C(O)C1O. The van der Waals surface area contributed by atoms with Gasteiger partial charge in [-0.05, 0) is 12.1 Å². The summed E-state index contributed by atoms with van der Waals surface area (Å²) < 4.78 is 22.1. The van der Waals surface area contributed by atoms with E-state index in [0.717, 1.165) is 19.1 Å². The predicted molar refractivity (Wildman–Crippen MR) is 117 cm³/mol. The van der Waals surface area contributed by atoms with Gasteiger partial charge in [-0.15, -0.1) is 0 Å². The first kappa shape index (κ1) is 24.3. The topological polar surface area (TPSA) is 198 Å². The van der Waals surface area contributed by atoms with Crippen molar-refractivity contribution in [2.75, 3.05) is 6.61 Å². The number of fused-ring (bicyclic) bond motifs is 1. The first-order valence-corrected chi connectivity index (χ1v) is 10.4. The van der Waals surface area contributed by atoms with Crippen molar-refractivity contribution >= 4 is 16.9 Å². The maximum Gasteiger partial charge on any atom is 0.402 e. The molecule has 0 saturated carbocycles. The summed E-state index contributed by atoms with van der Waals surface area (Å²) >= 11 is 0. The quantitative estimate of drug-likeness (QED) is 0.152. The summed E-state index contributed by atoms with van der Waals surface area (Å²) in [6, 6.07) is 7.33. The van der Waals surface area contributed by atoms with Gasteiger partial charge in [-0.1, -0.05) is 0 Å². The third kappa shape index (κ3) is 4.72. The molecule has 186 valence electrons. The van der Waals surface area contributed by atoms with Crippen LogP contribution in [0.3, 0.4) is 0 Å². The molecule has 1 fully saturated rings. The van der Waals surface area contributed by atoms with Crippen molar-refractivity contribution in [3.05, 3.63) is 36.4 Å². The number of rotatable bonds is 5. The molecule has 1 aliphatic heterocycles. The van der Waals surface area contributed by atoms with E-state index in [1.54, 1.807) is 0 Å². The van der Waals surface area contributed by atoms with Crippen LogP contribution in [0.15, 0.2) is 40.8 Å². The normalized spacial score (nSPS) is 24.3. The molecule has 3 aromatic rings. The second-order valence-corrected chi connectivity index (χ2v) is 7.92. The maximum atomic E-state index is 11.4. The van der Waals surface area contributed by atoms with Crippen LogP contribution in [-0.2, 0) is 14.3 Å². The molecule has 5 atom stereocenters. The number of aliphatic hydroxyl groups excluding tert-OH is 3. The molecular weight excluding hydrogens is 468 g/mol. The molecule has 5 unspecified atom stereocenters. The van der Waals surface area contributed by atoms with E-state index in [1.807, 2.05) is 0 Å². The minimum absolute atomic E-state index is 0.0331.